The summed E-state index contributed by atoms with van der Waals surface area (Å²) in [5.41, 5.74) is 6.62. The van der Waals surface area contributed by atoms with Crippen molar-refractivity contribution in [3.05, 3.63) is 200 Å². The summed E-state index contributed by atoms with van der Waals surface area (Å²) >= 11 is 0. The van der Waals surface area contributed by atoms with Crippen LogP contribution >= 0.6 is 0 Å². The Bertz CT molecular complexity index is 3630. The third kappa shape index (κ3) is 5.10. The van der Waals surface area contributed by atoms with E-state index in [9.17, 15) is 0 Å². The molecule has 1 aliphatic carbocycles. The summed E-state index contributed by atoms with van der Waals surface area (Å²) in [5.74, 6) is 2.69. The summed E-state index contributed by atoms with van der Waals surface area (Å²) in [6.45, 7) is 2.30. The lowest BCUT2D eigenvalue weighted by Gasteiger charge is -2.29. The van der Waals surface area contributed by atoms with Crippen LogP contribution in [0.2, 0.25) is 0 Å². The lowest BCUT2D eigenvalue weighted by Crippen LogP contribution is -2.33. The van der Waals surface area contributed by atoms with Crippen LogP contribution in [0.4, 0.5) is 0 Å². The van der Waals surface area contributed by atoms with Gasteiger partial charge in [-0.3, -0.25) is 0 Å². The van der Waals surface area contributed by atoms with E-state index >= 15 is 0 Å². The van der Waals surface area contributed by atoms with Crippen molar-refractivity contribution in [1.82, 2.24) is 19.5 Å². The van der Waals surface area contributed by atoms with Crippen LogP contribution < -0.4 is 4.74 Å². The number of rotatable bonds is 4. The molecule has 3 heterocycles. The number of ether oxygens (including phenoxy) is 1. The fourth-order valence-corrected chi connectivity index (χ4v) is 9.97. The van der Waals surface area contributed by atoms with Crippen molar-refractivity contribution in [3.63, 3.8) is 0 Å². The second kappa shape index (κ2) is 12.8. The highest BCUT2D eigenvalue weighted by Gasteiger charge is 2.46. The smallest absolute Gasteiger partial charge is 0.166 e. The Morgan fingerprint density at radius 1 is 0.492 bits per heavy atom. The quantitative estimate of drug-likeness (QED) is 0.178. The highest BCUT2D eigenvalue weighted by molar-refractivity contribution is 6.23. The van der Waals surface area contributed by atoms with Crippen LogP contribution in [0.15, 0.2) is 194 Å². The molecule has 1 aliphatic heterocycles. The van der Waals surface area contributed by atoms with Crippen molar-refractivity contribution in [2.45, 2.75) is 18.4 Å². The second-order valence-corrected chi connectivity index (χ2v) is 16.6. The first-order valence-electron chi connectivity index (χ1n) is 20.9. The van der Waals surface area contributed by atoms with Gasteiger partial charge in [0.25, 0.3) is 0 Å². The molecule has 2 atom stereocenters. The molecule has 0 spiro atoms. The van der Waals surface area contributed by atoms with E-state index in [1.54, 1.807) is 0 Å². The van der Waals surface area contributed by atoms with E-state index in [0.717, 1.165) is 55.5 Å². The van der Waals surface area contributed by atoms with Crippen LogP contribution in [0.3, 0.4) is 0 Å². The van der Waals surface area contributed by atoms with Gasteiger partial charge < -0.3 is 9.30 Å². The fourth-order valence-electron chi connectivity index (χ4n) is 9.97. The minimum absolute atomic E-state index is 0.170. The topological polar surface area (TPSA) is 52.8 Å². The van der Waals surface area contributed by atoms with Gasteiger partial charge in [-0.25, -0.2) is 15.0 Å². The summed E-state index contributed by atoms with van der Waals surface area (Å²) in [5, 5.41) is 11.8. The highest BCUT2D eigenvalue weighted by Crippen LogP contribution is 2.53. The van der Waals surface area contributed by atoms with Crippen molar-refractivity contribution >= 4 is 64.9 Å². The molecule has 0 radical (unpaired) electrons. The Hall–Kier alpha value is -7.89. The van der Waals surface area contributed by atoms with Gasteiger partial charge in [0.1, 0.15) is 11.9 Å². The highest BCUT2D eigenvalue weighted by atomic mass is 16.5. The predicted octanol–water partition coefficient (Wildman–Crippen LogP) is 13.7. The lowest BCUT2D eigenvalue weighted by molar-refractivity contribution is 0.228. The molecule has 0 bridgehead atoms. The summed E-state index contributed by atoms with van der Waals surface area (Å²) in [4.78, 5) is 16.1. The first-order chi connectivity index (χ1) is 30.1. The van der Waals surface area contributed by atoms with Crippen molar-refractivity contribution in [3.8, 4) is 45.6 Å². The molecule has 13 rings (SSSR count). The van der Waals surface area contributed by atoms with Gasteiger partial charge in [0, 0.05) is 33.0 Å². The third-order valence-corrected chi connectivity index (χ3v) is 13.0. The maximum atomic E-state index is 6.87. The largest absolute Gasteiger partial charge is 0.485 e. The van der Waals surface area contributed by atoms with E-state index in [-0.39, 0.29) is 6.10 Å². The molecule has 11 aromatic rings. The monoisotopic (exact) mass is 780 g/mol. The summed E-state index contributed by atoms with van der Waals surface area (Å²) in [7, 11) is 0. The standard InChI is InChI=1S/C56H36N4O/c1-56-29-11-10-20-49(56)61-48-28-26-44(52(51(48)56)60-46-27-25-36-14-8-9-19-43(36)50(46)45-32-39-17-6-7-18-40(39)33-47(45)60)55-58-53(41-23-21-34-12-2-4-15-37(34)30-41)57-54(59-55)42-24-22-35-13-3-5-16-38(35)31-42/h2-33,49H,1H3. The van der Waals surface area contributed by atoms with Crippen LogP contribution in [-0.4, -0.2) is 25.6 Å². The molecule has 0 N–H and O–H groups in total. The number of hydrogen-bond donors (Lipinski definition) is 0. The van der Waals surface area contributed by atoms with E-state index in [4.69, 9.17) is 19.7 Å². The van der Waals surface area contributed by atoms with Gasteiger partial charge in [-0.05, 0) is 98.6 Å². The van der Waals surface area contributed by atoms with Gasteiger partial charge in [-0.2, -0.15) is 0 Å². The van der Waals surface area contributed by atoms with E-state index in [1.807, 2.05) is 0 Å². The zero-order valence-corrected chi connectivity index (χ0v) is 33.2. The number of benzene rings is 9. The molecular formula is C56H36N4O. The van der Waals surface area contributed by atoms with E-state index in [2.05, 4.69) is 206 Å². The molecule has 0 amide bonds. The first kappa shape index (κ1) is 34.0. The summed E-state index contributed by atoms with van der Waals surface area (Å²) < 4.78 is 9.34. The molecule has 9 aromatic carbocycles. The number of nitrogens with zero attached hydrogens (tertiary/aromatic N) is 4. The van der Waals surface area contributed by atoms with Gasteiger partial charge in [-0.15, -0.1) is 0 Å². The number of aromatic nitrogens is 4. The molecule has 5 heteroatoms. The maximum absolute atomic E-state index is 6.87. The van der Waals surface area contributed by atoms with Gasteiger partial charge >= 0.3 is 0 Å². The Kier molecular flexibility index (Phi) is 7.14. The van der Waals surface area contributed by atoms with Crippen molar-refractivity contribution < 1.29 is 4.74 Å². The SMILES string of the molecule is CC12C=CC=CC1Oc1ccc(-c3nc(-c4ccc5ccccc5c4)nc(-c4ccc5ccccc5c4)n3)c(-n3c4cc5ccccc5cc4c4c5ccccc5ccc43)c12. The average Bonchev–Trinajstić information content (AvgIpc) is 3.81. The van der Waals surface area contributed by atoms with Crippen LogP contribution in [0.25, 0.3) is 105 Å². The zero-order valence-electron chi connectivity index (χ0n) is 33.2. The van der Waals surface area contributed by atoms with E-state index < -0.39 is 5.41 Å². The molecule has 0 saturated carbocycles. The van der Waals surface area contributed by atoms with E-state index in [1.165, 1.54) is 43.1 Å². The zero-order chi connectivity index (χ0) is 40.2. The number of allylic oxidation sites excluding steroid dienone is 2. The third-order valence-electron chi connectivity index (χ3n) is 13.0. The molecule has 0 saturated heterocycles. The fraction of sp³-hybridized carbons (Fsp3) is 0.0536. The lowest BCUT2D eigenvalue weighted by atomic mass is 9.75. The predicted molar refractivity (Wildman–Crippen MR) is 251 cm³/mol. The Balaban J connectivity index is 1.17. The molecule has 286 valence electrons. The molecule has 2 unspecified atom stereocenters. The summed E-state index contributed by atoms with van der Waals surface area (Å²) in [6.07, 6.45) is 8.54. The Morgan fingerprint density at radius 3 is 1.75 bits per heavy atom. The molecule has 2 aliphatic rings. The van der Waals surface area contributed by atoms with E-state index in [0.29, 0.717) is 17.5 Å². The van der Waals surface area contributed by atoms with Crippen LogP contribution in [0.5, 0.6) is 5.75 Å². The Labute approximate surface area is 351 Å². The van der Waals surface area contributed by atoms with Crippen LogP contribution in [0.1, 0.15) is 12.5 Å². The van der Waals surface area contributed by atoms with Gasteiger partial charge in [-0.1, -0.05) is 146 Å². The first-order valence-corrected chi connectivity index (χ1v) is 20.9. The molecular weight excluding hydrogens is 745 g/mol. The molecule has 61 heavy (non-hydrogen) atoms. The van der Waals surface area contributed by atoms with Gasteiger partial charge in [0.2, 0.25) is 0 Å². The van der Waals surface area contributed by atoms with Crippen molar-refractivity contribution in [2.75, 3.05) is 0 Å². The average molecular weight is 781 g/mol. The van der Waals surface area contributed by atoms with Crippen LogP contribution in [0, 0.1) is 0 Å². The number of hydrogen-bond acceptors (Lipinski definition) is 4. The second-order valence-electron chi connectivity index (χ2n) is 16.6. The minimum atomic E-state index is -0.471. The van der Waals surface area contributed by atoms with Gasteiger partial charge in [0.05, 0.1) is 22.1 Å². The molecule has 0 fully saturated rings. The van der Waals surface area contributed by atoms with Crippen LogP contribution in [-0.2, 0) is 5.41 Å². The Morgan fingerprint density at radius 2 is 1.07 bits per heavy atom. The normalized spacial score (nSPS) is 16.8. The molecule has 2 aromatic heterocycles. The maximum Gasteiger partial charge on any atom is 0.166 e. The van der Waals surface area contributed by atoms with Crippen molar-refractivity contribution in [1.29, 1.82) is 0 Å². The van der Waals surface area contributed by atoms with Gasteiger partial charge in [0.15, 0.2) is 17.5 Å². The summed E-state index contributed by atoms with van der Waals surface area (Å²) in [6, 6.07) is 60.7. The molecule has 5 nitrogen and oxygen atoms in total. The minimum Gasteiger partial charge on any atom is -0.485 e. The van der Waals surface area contributed by atoms with Crippen molar-refractivity contribution in [2.24, 2.45) is 0 Å². The number of fused-ring (bicyclic) bond motifs is 11.